The van der Waals surface area contributed by atoms with E-state index in [1.807, 2.05) is 43.3 Å². The van der Waals surface area contributed by atoms with E-state index >= 15 is 0 Å². The first-order valence-electron chi connectivity index (χ1n) is 10.5. The summed E-state index contributed by atoms with van der Waals surface area (Å²) >= 11 is 0. The van der Waals surface area contributed by atoms with Gasteiger partial charge in [0, 0.05) is 12.1 Å². The number of aryl methyl sites for hydroxylation is 1. The number of likely N-dealkylation sites (tertiary alicyclic amines) is 1. The molecule has 5 nitrogen and oxygen atoms in total. The van der Waals surface area contributed by atoms with Gasteiger partial charge in [0.05, 0.1) is 18.7 Å². The molecule has 0 spiro atoms. The molecule has 1 atom stereocenters. The van der Waals surface area contributed by atoms with Crippen molar-refractivity contribution in [2.24, 2.45) is 0 Å². The van der Waals surface area contributed by atoms with E-state index in [9.17, 15) is 14.7 Å². The zero-order valence-electron chi connectivity index (χ0n) is 17.9. The Kier molecular flexibility index (Phi) is 6.93. The van der Waals surface area contributed by atoms with Crippen molar-refractivity contribution >= 4 is 17.4 Å². The Labute approximate surface area is 178 Å². The van der Waals surface area contributed by atoms with E-state index in [0.29, 0.717) is 17.9 Å². The number of unbranched alkanes of at least 4 members (excludes halogenated alkanes) is 3. The molecule has 1 aliphatic heterocycles. The van der Waals surface area contributed by atoms with Crippen LogP contribution in [0.4, 0.5) is 0 Å². The molecule has 0 saturated carbocycles. The van der Waals surface area contributed by atoms with Gasteiger partial charge in [0.15, 0.2) is 0 Å². The molecule has 0 aliphatic carbocycles. The molecule has 1 saturated heterocycles. The number of nitrogens with zero attached hydrogens (tertiary/aromatic N) is 1. The van der Waals surface area contributed by atoms with Crippen LogP contribution < -0.4 is 4.74 Å². The number of carbonyl (C=O) groups is 2. The van der Waals surface area contributed by atoms with Gasteiger partial charge in [0.1, 0.15) is 11.5 Å². The Morgan fingerprint density at radius 2 is 1.80 bits per heavy atom. The van der Waals surface area contributed by atoms with Gasteiger partial charge in [-0.25, -0.2) is 0 Å². The Bertz CT molecular complexity index is 946. The van der Waals surface area contributed by atoms with Gasteiger partial charge in [0.25, 0.3) is 11.7 Å². The summed E-state index contributed by atoms with van der Waals surface area (Å²) in [5.74, 6) is -0.707. The van der Waals surface area contributed by atoms with E-state index in [-0.39, 0.29) is 11.3 Å². The van der Waals surface area contributed by atoms with Crippen molar-refractivity contribution in [1.29, 1.82) is 0 Å². The molecule has 3 rings (SSSR count). The molecule has 5 heteroatoms. The average molecular weight is 408 g/mol. The SMILES string of the molecule is CCCCCCN1C(=O)C(=O)C(=C(O)c2ccc(C)cc2)[C@@H]1c1cccc(OC)c1. The summed E-state index contributed by atoms with van der Waals surface area (Å²) in [6.45, 7) is 4.55. The number of benzene rings is 2. The molecule has 0 aromatic heterocycles. The highest BCUT2D eigenvalue weighted by molar-refractivity contribution is 6.46. The zero-order chi connectivity index (χ0) is 21.7. The second-order valence-electron chi connectivity index (χ2n) is 7.70. The first kappa shape index (κ1) is 21.6. The van der Waals surface area contributed by atoms with Gasteiger partial charge in [-0.15, -0.1) is 0 Å². The number of hydrogen-bond donors (Lipinski definition) is 1. The number of methoxy groups -OCH3 is 1. The van der Waals surface area contributed by atoms with Gasteiger partial charge in [0.2, 0.25) is 0 Å². The molecule has 0 bridgehead atoms. The van der Waals surface area contributed by atoms with Crippen LogP contribution in [0.15, 0.2) is 54.1 Å². The molecule has 158 valence electrons. The standard InChI is InChI=1S/C25H29NO4/c1-4-5-6-7-15-26-22(19-9-8-10-20(16-19)30-3)21(24(28)25(26)29)23(27)18-13-11-17(2)12-14-18/h8-14,16,22,27H,4-7,15H2,1-3H3/t22-/m0/s1. The highest BCUT2D eigenvalue weighted by Gasteiger charge is 2.45. The number of rotatable bonds is 8. The van der Waals surface area contributed by atoms with Crippen LogP contribution >= 0.6 is 0 Å². The lowest BCUT2D eigenvalue weighted by Gasteiger charge is -2.25. The molecule has 1 heterocycles. The fourth-order valence-corrected chi connectivity index (χ4v) is 3.84. The van der Waals surface area contributed by atoms with E-state index in [2.05, 4.69) is 6.92 Å². The number of ether oxygens (including phenoxy) is 1. The molecule has 1 fully saturated rings. The molecule has 1 aliphatic rings. The first-order valence-corrected chi connectivity index (χ1v) is 10.5. The van der Waals surface area contributed by atoms with E-state index in [4.69, 9.17) is 4.74 Å². The number of aliphatic hydroxyl groups excluding tert-OH is 1. The smallest absolute Gasteiger partial charge is 0.295 e. The van der Waals surface area contributed by atoms with Gasteiger partial charge < -0.3 is 14.7 Å². The lowest BCUT2D eigenvalue weighted by Crippen LogP contribution is -2.30. The van der Waals surface area contributed by atoms with Crippen LogP contribution in [0.25, 0.3) is 5.76 Å². The van der Waals surface area contributed by atoms with Crippen LogP contribution in [0.2, 0.25) is 0 Å². The normalized spacial score (nSPS) is 18.1. The second-order valence-corrected chi connectivity index (χ2v) is 7.70. The van der Waals surface area contributed by atoms with Crippen LogP contribution in [0.3, 0.4) is 0 Å². The van der Waals surface area contributed by atoms with Crippen molar-refractivity contribution in [2.75, 3.05) is 13.7 Å². The molecule has 0 unspecified atom stereocenters. The predicted molar refractivity (Wildman–Crippen MR) is 117 cm³/mol. The Morgan fingerprint density at radius 1 is 1.07 bits per heavy atom. The lowest BCUT2D eigenvalue weighted by molar-refractivity contribution is -0.139. The van der Waals surface area contributed by atoms with Crippen molar-refractivity contribution in [3.8, 4) is 5.75 Å². The van der Waals surface area contributed by atoms with Crippen LogP contribution in [-0.4, -0.2) is 35.4 Å². The Hall–Kier alpha value is -3.08. The maximum atomic E-state index is 13.0. The maximum Gasteiger partial charge on any atom is 0.295 e. The third-order valence-corrected chi connectivity index (χ3v) is 5.53. The Morgan fingerprint density at radius 3 is 2.47 bits per heavy atom. The quantitative estimate of drug-likeness (QED) is 0.289. The second kappa shape index (κ2) is 9.61. The Balaban J connectivity index is 2.08. The molecular formula is C25H29NO4. The summed E-state index contributed by atoms with van der Waals surface area (Å²) in [5.41, 5.74) is 2.45. The molecule has 0 radical (unpaired) electrons. The number of carbonyl (C=O) groups excluding carboxylic acids is 2. The third-order valence-electron chi connectivity index (χ3n) is 5.53. The number of amides is 1. The monoisotopic (exact) mass is 407 g/mol. The summed E-state index contributed by atoms with van der Waals surface area (Å²) in [6, 6.07) is 14.0. The summed E-state index contributed by atoms with van der Waals surface area (Å²) < 4.78 is 5.34. The summed E-state index contributed by atoms with van der Waals surface area (Å²) in [6.07, 6.45) is 3.97. The largest absolute Gasteiger partial charge is 0.507 e. The minimum absolute atomic E-state index is 0.132. The number of hydrogen-bond acceptors (Lipinski definition) is 4. The van der Waals surface area contributed by atoms with Crippen LogP contribution in [0, 0.1) is 6.92 Å². The van der Waals surface area contributed by atoms with Gasteiger partial charge >= 0.3 is 0 Å². The van der Waals surface area contributed by atoms with E-state index in [0.717, 1.165) is 36.8 Å². The van der Waals surface area contributed by atoms with Crippen molar-refractivity contribution in [1.82, 2.24) is 4.90 Å². The third kappa shape index (κ3) is 4.40. The molecular weight excluding hydrogens is 378 g/mol. The predicted octanol–water partition coefficient (Wildman–Crippen LogP) is 5.01. The average Bonchev–Trinajstić information content (AvgIpc) is 3.01. The van der Waals surface area contributed by atoms with E-state index in [1.165, 1.54) is 0 Å². The minimum atomic E-state index is -0.642. The van der Waals surface area contributed by atoms with Gasteiger partial charge in [-0.3, -0.25) is 9.59 Å². The first-order chi connectivity index (χ1) is 14.5. The summed E-state index contributed by atoms with van der Waals surface area (Å²) in [7, 11) is 1.58. The van der Waals surface area contributed by atoms with Gasteiger partial charge in [-0.1, -0.05) is 68.1 Å². The van der Waals surface area contributed by atoms with Crippen LogP contribution in [-0.2, 0) is 9.59 Å². The minimum Gasteiger partial charge on any atom is -0.507 e. The number of ketones is 1. The fraction of sp³-hybridized carbons (Fsp3) is 0.360. The molecule has 1 N–H and O–H groups in total. The molecule has 2 aromatic rings. The fourth-order valence-electron chi connectivity index (χ4n) is 3.84. The van der Waals surface area contributed by atoms with E-state index in [1.54, 1.807) is 24.1 Å². The molecule has 1 amide bonds. The van der Waals surface area contributed by atoms with E-state index < -0.39 is 17.7 Å². The summed E-state index contributed by atoms with van der Waals surface area (Å²) in [4.78, 5) is 27.5. The number of aliphatic hydroxyl groups is 1. The molecule has 30 heavy (non-hydrogen) atoms. The highest BCUT2D eigenvalue weighted by atomic mass is 16.5. The van der Waals surface area contributed by atoms with Gasteiger partial charge in [-0.2, -0.15) is 0 Å². The van der Waals surface area contributed by atoms with Gasteiger partial charge in [-0.05, 0) is 31.0 Å². The van der Waals surface area contributed by atoms with Crippen molar-refractivity contribution in [2.45, 2.75) is 45.6 Å². The summed E-state index contributed by atoms with van der Waals surface area (Å²) in [5, 5.41) is 11.0. The van der Waals surface area contributed by atoms with Crippen LogP contribution in [0.5, 0.6) is 5.75 Å². The zero-order valence-corrected chi connectivity index (χ0v) is 17.9. The topological polar surface area (TPSA) is 66.8 Å². The van der Waals surface area contributed by atoms with Crippen molar-refractivity contribution < 1.29 is 19.4 Å². The number of Topliss-reactive ketones (excluding diaryl/α,β-unsaturated/α-hetero) is 1. The van der Waals surface area contributed by atoms with Crippen molar-refractivity contribution in [3.63, 3.8) is 0 Å². The van der Waals surface area contributed by atoms with Crippen LogP contribution in [0.1, 0.15) is 55.3 Å². The maximum absolute atomic E-state index is 13.0. The highest BCUT2D eigenvalue weighted by Crippen LogP contribution is 2.40. The molecule has 2 aromatic carbocycles. The lowest BCUT2D eigenvalue weighted by atomic mass is 9.95. The van der Waals surface area contributed by atoms with Crippen molar-refractivity contribution in [3.05, 3.63) is 70.8 Å².